The van der Waals surface area contributed by atoms with Crippen LogP contribution in [0.1, 0.15) is 87.0 Å². The summed E-state index contributed by atoms with van der Waals surface area (Å²) in [5.74, 6) is 0.489. The summed E-state index contributed by atoms with van der Waals surface area (Å²) in [5.41, 5.74) is 7.71. The number of rotatable bonds is 13. The molecule has 54 heavy (non-hydrogen) atoms. The number of carbonyl (C=O) groups excluding carboxylic acids is 1. The first-order valence-corrected chi connectivity index (χ1v) is 18.3. The number of carbonyl (C=O) groups is 2. The van der Waals surface area contributed by atoms with E-state index in [2.05, 4.69) is 34.2 Å². The fourth-order valence-electron chi connectivity index (χ4n) is 6.83. The maximum absolute atomic E-state index is 11.9. The highest BCUT2D eigenvalue weighted by molar-refractivity contribution is 5.89. The molecule has 8 heteroatoms. The number of hydrogen-bond acceptors (Lipinski definition) is 7. The van der Waals surface area contributed by atoms with Gasteiger partial charge in [-0.05, 0) is 128 Å². The van der Waals surface area contributed by atoms with E-state index in [0.717, 1.165) is 48.6 Å². The molecule has 8 nitrogen and oxygen atoms in total. The number of nitrogens with zero attached hydrogens (tertiary/aromatic N) is 2. The maximum atomic E-state index is 11.9. The zero-order chi connectivity index (χ0) is 37.4. The quantitative estimate of drug-likeness (QED) is 0.118. The Morgan fingerprint density at radius 2 is 0.944 bits per heavy atom. The Morgan fingerprint density at radius 3 is 1.28 bits per heavy atom. The van der Waals surface area contributed by atoms with Crippen LogP contribution in [0.4, 0.5) is 0 Å². The Morgan fingerprint density at radius 1 is 0.556 bits per heavy atom. The summed E-state index contributed by atoms with van der Waals surface area (Å²) in [6.07, 6.45) is 7.90. The van der Waals surface area contributed by atoms with Crippen molar-refractivity contribution in [3.63, 3.8) is 0 Å². The predicted octanol–water partition coefficient (Wildman–Crippen LogP) is 9.36. The molecule has 0 saturated heterocycles. The minimum atomic E-state index is -0.893. The molecule has 2 heterocycles. The van der Waals surface area contributed by atoms with Gasteiger partial charge in [0.15, 0.2) is 0 Å². The molecule has 2 aliphatic rings. The minimum absolute atomic E-state index is 0.0105. The third kappa shape index (κ3) is 8.34. The molecular formula is C46H42N2O6. The number of ether oxygens (including phenoxy) is 3. The highest BCUT2D eigenvalue weighted by atomic mass is 16.5. The van der Waals surface area contributed by atoms with Gasteiger partial charge >= 0.3 is 11.9 Å². The highest BCUT2D eigenvalue weighted by Gasteiger charge is 2.46. The fraction of sp³-hybridized carbons (Fsp3) is 0.217. The molecule has 0 radical (unpaired) electrons. The molecule has 4 aromatic carbocycles. The van der Waals surface area contributed by atoms with Gasteiger partial charge in [-0.15, -0.1) is 0 Å². The second-order valence-electron chi connectivity index (χ2n) is 13.6. The standard InChI is InChI=1S/C24H23NO3.C22H19NO3/c1-2-27-23(26)18-6-8-19(9-7-18)24(14-15-24)20-10-12-22(13-11-20)28-17-21-5-3-4-16-25-21;24-21(25)16-4-6-17(7-5-16)22(12-13-22)18-8-10-20(11-9-18)26-15-19-3-1-2-14-23-19/h3-13,16H,2,14-15,17H2,1H3;1-11,14H,12-13,15H2,(H,24,25). The van der Waals surface area contributed by atoms with E-state index >= 15 is 0 Å². The van der Waals surface area contributed by atoms with Gasteiger partial charge in [-0.25, -0.2) is 9.59 Å². The lowest BCUT2D eigenvalue weighted by Crippen LogP contribution is -2.10. The van der Waals surface area contributed by atoms with Gasteiger partial charge in [0.2, 0.25) is 0 Å². The van der Waals surface area contributed by atoms with Crippen LogP contribution in [-0.2, 0) is 28.8 Å². The lowest BCUT2D eigenvalue weighted by atomic mass is 9.87. The molecule has 0 amide bonds. The summed E-state index contributed by atoms with van der Waals surface area (Å²) in [5, 5.41) is 9.06. The van der Waals surface area contributed by atoms with Gasteiger partial charge in [-0.1, -0.05) is 60.7 Å². The molecular weight excluding hydrogens is 677 g/mol. The van der Waals surface area contributed by atoms with Gasteiger partial charge in [-0.3, -0.25) is 9.97 Å². The smallest absolute Gasteiger partial charge is 0.338 e. The number of carboxylic acid groups (broad SMARTS) is 1. The summed E-state index contributed by atoms with van der Waals surface area (Å²) < 4.78 is 16.7. The highest BCUT2D eigenvalue weighted by Crippen LogP contribution is 2.54. The molecule has 1 N–H and O–H groups in total. The average Bonchev–Trinajstić information content (AvgIpc) is 4.17. The third-order valence-corrected chi connectivity index (χ3v) is 10.2. The van der Waals surface area contributed by atoms with E-state index in [-0.39, 0.29) is 16.8 Å². The molecule has 0 spiro atoms. The van der Waals surface area contributed by atoms with Crippen LogP contribution >= 0.6 is 0 Å². The minimum Gasteiger partial charge on any atom is -0.487 e. The van der Waals surface area contributed by atoms with Crippen molar-refractivity contribution in [2.75, 3.05) is 6.61 Å². The first-order chi connectivity index (χ1) is 26.4. The van der Waals surface area contributed by atoms with E-state index in [4.69, 9.17) is 19.3 Å². The van der Waals surface area contributed by atoms with Crippen LogP contribution in [0.2, 0.25) is 0 Å². The van der Waals surface area contributed by atoms with E-state index in [1.165, 1.54) is 22.3 Å². The summed E-state index contributed by atoms with van der Waals surface area (Å²) in [4.78, 5) is 31.4. The normalized spacial score (nSPS) is 14.5. The van der Waals surface area contributed by atoms with Crippen molar-refractivity contribution in [3.8, 4) is 11.5 Å². The number of benzene rings is 4. The van der Waals surface area contributed by atoms with Crippen LogP contribution in [0.15, 0.2) is 146 Å². The fourth-order valence-corrected chi connectivity index (χ4v) is 6.83. The van der Waals surface area contributed by atoms with Crippen LogP contribution in [0.25, 0.3) is 0 Å². The van der Waals surface area contributed by atoms with Crippen molar-refractivity contribution in [2.24, 2.45) is 0 Å². The number of esters is 1. The topological polar surface area (TPSA) is 108 Å². The van der Waals surface area contributed by atoms with Crippen molar-refractivity contribution >= 4 is 11.9 Å². The lowest BCUT2D eigenvalue weighted by molar-refractivity contribution is 0.0525. The van der Waals surface area contributed by atoms with Crippen LogP contribution in [0, 0.1) is 0 Å². The molecule has 0 aliphatic heterocycles. The number of pyridine rings is 2. The Hall–Kier alpha value is -6.28. The molecule has 6 aromatic rings. The molecule has 272 valence electrons. The molecule has 2 fully saturated rings. The van der Waals surface area contributed by atoms with Gasteiger partial charge in [0.1, 0.15) is 24.7 Å². The Balaban J connectivity index is 0.000000167. The maximum Gasteiger partial charge on any atom is 0.338 e. The average molecular weight is 719 g/mol. The molecule has 2 saturated carbocycles. The van der Waals surface area contributed by atoms with E-state index < -0.39 is 5.97 Å². The van der Waals surface area contributed by atoms with Gasteiger partial charge in [0.05, 0.1) is 29.1 Å². The molecule has 2 aromatic heterocycles. The monoisotopic (exact) mass is 718 g/mol. The van der Waals surface area contributed by atoms with Crippen LogP contribution in [0.5, 0.6) is 11.5 Å². The van der Waals surface area contributed by atoms with E-state index in [1.807, 2.05) is 104 Å². The number of carboxylic acids is 1. The Labute approximate surface area is 315 Å². The first kappa shape index (κ1) is 36.1. The molecule has 0 atom stereocenters. The zero-order valence-electron chi connectivity index (χ0n) is 30.2. The molecule has 2 aliphatic carbocycles. The second-order valence-corrected chi connectivity index (χ2v) is 13.6. The lowest BCUT2D eigenvalue weighted by Gasteiger charge is -2.17. The largest absolute Gasteiger partial charge is 0.487 e. The summed E-state index contributed by atoms with van der Waals surface area (Å²) in [7, 11) is 0. The van der Waals surface area contributed by atoms with E-state index in [0.29, 0.717) is 30.9 Å². The number of aromatic carboxylic acids is 1. The Bertz CT molecular complexity index is 2150. The molecule has 8 rings (SSSR count). The molecule has 0 bridgehead atoms. The number of aromatic nitrogens is 2. The van der Waals surface area contributed by atoms with Crippen molar-refractivity contribution in [1.29, 1.82) is 0 Å². The van der Waals surface area contributed by atoms with E-state index in [1.54, 1.807) is 24.5 Å². The third-order valence-electron chi connectivity index (χ3n) is 10.2. The van der Waals surface area contributed by atoms with E-state index in [9.17, 15) is 9.59 Å². The molecule has 0 unspecified atom stereocenters. The van der Waals surface area contributed by atoms with Crippen molar-refractivity contribution in [3.05, 3.63) is 191 Å². The Kier molecular flexibility index (Phi) is 10.8. The van der Waals surface area contributed by atoms with Crippen molar-refractivity contribution < 1.29 is 28.9 Å². The zero-order valence-corrected chi connectivity index (χ0v) is 30.2. The van der Waals surface area contributed by atoms with Gasteiger partial charge in [0, 0.05) is 23.2 Å². The summed E-state index contributed by atoms with van der Waals surface area (Å²) in [6, 6.07) is 43.1. The number of hydrogen-bond donors (Lipinski definition) is 1. The van der Waals surface area contributed by atoms with Gasteiger partial charge in [-0.2, -0.15) is 0 Å². The van der Waals surface area contributed by atoms with Crippen molar-refractivity contribution in [2.45, 2.75) is 56.7 Å². The second kappa shape index (κ2) is 16.2. The summed E-state index contributed by atoms with van der Waals surface area (Å²) >= 11 is 0. The summed E-state index contributed by atoms with van der Waals surface area (Å²) in [6.45, 7) is 3.11. The van der Waals surface area contributed by atoms with Crippen LogP contribution < -0.4 is 9.47 Å². The van der Waals surface area contributed by atoms with Crippen molar-refractivity contribution in [1.82, 2.24) is 9.97 Å². The first-order valence-electron chi connectivity index (χ1n) is 18.3. The van der Waals surface area contributed by atoms with Gasteiger partial charge < -0.3 is 19.3 Å². The van der Waals surface area contributed by atoms with Crippen LogP contribution in [0.3, 0.4) is 0 Å². The SMILES string of the molecule is CCOC(=O)c1ccc(C2(c3ccc(OCc4ccccn4)cc3)CC2)cc1.O=C(O)c1ccc(C2(c3ccc(OCc4ccccn4)cc3)CC2)cc1. The predicted molar refractivity (Wildman–Crippen MR) is 206 cm³/mol. The van der Waals surface area contributed by atoms with Gasteiger partial charge in [0.25, 0.3) is 0 Å². The van der Waals surface area contributed by atoms with Crippen LogP contribution in [-0.4, -0.2) is 33.6 Å².